The summed E-state index contributed by atoms with van der Waals surface area (Å²) in [6.45, 7) is 1.68. The molecule has 4 nitrogen and oxygen atoms in total. The number of rotatable bonds is 6. The standard InChI is InChI=1S/C16H21ClN4/c1-20(10-12-8-19-21(2)11-12)15-6-3-13(16(17)7-15)9-18-14-4-5-14/h3,6-8,11,14,18H,4-5,9-10H2,1-2H3. The molecule has 1 aromatic carbocycles. The SMILES string of the molecule is CN(Cc1cnn(C)c1)c1ccc(CNC2CC2)c(Cl)c1. The third-order valence-corrected chi connectivity index (χ3v) is 4.17. The number of anilines is 1. The van der Waals surface area contributed by atoms with Gasteiger partial charge >= 0.3 is 0 Å². The Morgan fingerprint density at radius 2 is 2.24 bits per heavy atom. The molecule has 0 bridgehead atoms. The molecule has 1 saturated carbocycles. The normalized spacial score (nSPS) is 14.4. The number of aromatic nitrogens is 2. The van der Waals surface area contributed by atoms with Gasteiger partial charge in [0, 0.05) is 55.7 Å². The van der Waals surface area contributed by atoms with Crippen LogP contribution in [0.3, 0.4) is 0 Å². The predicted octanol–water partition coefficient (Wildman–Crippen LogP) is 2.96. The van der Waals surface area contributed by atoms with Crippen LogP contribution in [-0.2, 0) is 20.1 Å². The Labute approximate surface area is 130 Å². The van der Waals surface area contributed by atoms with E-state index in [1.54, 1.807) is 0 Å². The van der Waals surface area contributed by atoms with E-state index in [9.17, 15) is 0 Å². The summed E-state index contributed by atoms with van der Waals surface area (Å²) in [5.41, 5.74) is 3.48. The Morgan fingerprint density at radius 1 is 1.43 bits per heavy atom. The Kier molecular flexibility index (Phi) is 4.17. The lowest BCUT2D eigenvalue weighted by Gasteiger charge is -2.19. The highest BCUT2D eigenvalue weighted by atomic mass is 35.5. The summed E-state index contributed by atoms with van der Waals surface area (Å²) < 4.78 is 1.82. The number of benzene rings is 1. The molecule has 1 heterocycles. The Balaban J connectivity index is 1.65. The molecule has 0 saturated heterocycles. The van der Waals surface area contributed by atoms with Crippen molar-refractivity contribution in [3.05, 3.63) is 46.7 Å². The smallest absolute Gasteiger partial charge is 0.0539 e. The Bertz CT molecular complexity index is 618. The summed E-state index contributed by atoms with van der Waals surface area (Å²) in [6.07, 6.45) is 6.52. The van der Waals surface area contributed by atoms with Gasteiger partial charge in [0.15, 0.2) is 0 Å². The van der Waals surface area contributed by atoms with Crippen molar-refractivity contribution >= 4 is 17.3 Å². The van der Waals surface area contributed by atoms with Gasteiger partial charge in [0.1, 0.15) is 0 Å². The highest BCUT2D eigenvalue weighted by Crippen LogP contribution is 2.25. The number of aryl methyl sites for hydroxylation is 1. The van der Waals surface area contributed by atoms with Crippen LogP contribution in [0, 0.1) is 0 Å². The van der Waals surface area contributed by atoms with E-state index in [-0.39, 0.29) is 0 Å². The van der Waals surface area contributed by atoms with E-state index in [0.717, 1.165) is 23.8 Å². The molecule has 0 spiro atoms. The zero-order chi connectivity index (χ0) is 14.8. The summed E-state index contributed by atoms with van der Waals surface area (Å²) in [4.78, 5) is 2.18. The second kappa shape index (κ2) is 6.08. The molecule has 5 heteroatoms. The number of nitrogens with zero attached hydrogens (tertiary/aromatic N) is 3. The van der Waals surface area contributed by atoms with Crippen molar-refractivity contribution in [2.75, 3.05) is 11.9 Å². The summed E-state index contributed by atoms with van der Waals surface area (Å²) in [6, 6.07) is 7.00. The highest BCUT2D eigenvalue weighted by molar-refractivity contribution is 6.31. The van der Waals surface area contributed by atoms with Crippen LogP contribution in [0.5, 0.6) is 0 Å². The maximum atomic E-state index is 6.40. The fourth-order valence-corrected chi connectivity index (χ4v) is 2.62. The van der Waals surface area contributed by atoms with Gasteiger partial charge in [0.25, 0.3) is 0 Å². The first kappa shape index (κ1) is 14.4. The molecule has 1 N–H and O–H groups in total. The van der Waals surface area contributed by atoms with Gasteiger partial charge in [0.05, 0.1) is 6.20 Å². The van der Waals surface area contributed by atoms with E-state index in [2.05, 4.69) is 34.5 Å². The molecule has 0 atom stereocenters. The second-order valence-electron chi connectivity index (χ2n) is 5.81. The predicted molar refractivity (Wildman–Crippen MR) is 86.6 cm³/mol. The zero-order valence-corrected chi connectivity index (χ0v) is 13.3. The molecule has 1 aliphatic carbocycles. The minimum Gasteiger partial charge on any atom is -0.370 e. The molecule has 21 heavy (non-hydrogen) atoms. The van der Waals surface area contributed by atoms with Crippen molar-refractivity contribution in [1.82, 2.24) is 15.1 Å². The van der Waals surface area contributed by atoms with Crippen LogP contribution in [-0.4, -0.2) is 22.9 Å². The van der Waals surface area contributed by atoms with Gasteiger partial charge in [-0.2, -0.15) is 5.10 Å². The highest BCUT2D eigenvalue weighted by Gasteiger charge is 2.20. The van der Waals surface area contributed by atoms with Crippen LogP contribution >= 0.6 is 11.6 Å². The van der Waals surface area contributed by atoms with Gasteiger partial charge in [-0.25, -0.2) is 0 Å². The van der Waals surface area contributed by atoms with Gasteiger partial charge in [-0.3, -0.25) is 4.68 Å². The zero-order valence-electron chi connectivity index (χ0n) is 12.5. The van der Waals surface area contributed by atoms with Crippen molar-refractivity contribution in [3.8, 4) is 0 Å². The average molecular weight is 305 g/mol. The monoisotopic (exact) mass is 304 g/mol. The molecule has 3 rings (SSSR count). The topological polar surface area (TPSA) is 33.1 Å². The quantitative estimate of drug-likeness (QED) is 0.891. The lowest BCUT2D eigenvalue weighted by Crippen LogP contribution is -2.17. The molecular formula is C16H21ClN4. The van der Waals surface area contributed by atoms with Crippen molar-refractivity contribution in [2.24, 2.45) is 7.05 Å². The molecule has 1 fully saturated rings. The third-order valence-electron chi connectivity index (χ3n) is 3.81. The maximum Gasteiger partial charge on any atom is 0.0539 e. The largest absolute Gasteiger partial charge is 0.370 e. The van der Waals surface area contributed by atoms with Gasteiger partial charge in [-0.05, 0) is 30.5 Å². The minimum absolute atomic E-state index is 0.703. The molecule has 0 radical (unpaired) electrons. The van der Waals surface area contributed by atoms with Gasteiger partial charge in [-0.15, -0.1) is 0 Å². The van der Waals surface area contributed by atoms with E-state index in [1.165, 1.54) is 24.0 Å². The fraction of sp³-hybridized carbons (Fsp3) is 0.438. The van der Waals surface area contributed by atoms with E-state index < -0.39 is 0 Å². The molecule has 0 unspecified atom stereocenters. The fourth-order valence-electron chi connectivity index (χ4n) is 2.38. The van der Waals surface area contributed by atoms with Gasteiger partial charge < -0.3 is 10.2 Å². The third kappa shape index (κ3) is 3.77. The van der Waals surface area contributed by atoms with Gasteiger partial charge in [0.2, 0.25) is 0 Å². The first-order valence-electron chi connectivity index (χ1n) is 7.32. The maximum absolute atomic E-state index is 6.40. The van der Waals surface area contributed by atoms with Crippen LogP contribution < -0.4 is 10.2 Å². The molecule has 1 aliphatic rings. The molecule has 1 aromatic heterocycles. The number of halogens is 1. The van der Waals surface area contributed by atoms with Crippen molar-refractivity contribution in [2.45, 2.75) is 32.0 Å². The second-order valence-corrected chi connectivity index (χ2v) is 6.22. The van der Waals surface area contributed by atoms with Gasteiger partial charge in [-0.1, -0.05) is 17.7 Å². The minimum atomic E-state index is 0.703. The van der Waals surface area contributed by atoms with E-state index in [0.29, 0.717) is 6.04 Å². The molecule has 112 valence electrons. The van der Waals surface area contributed by atoms with Crippen LogP contribution in [0.25, 0.3) is 0 Å². The van der Waals surface area contributed by atoms with E-state index >= 15 is 0 Å². The molecular weight excluding hydrogens is 284 g/mol. The average Bonchev–Trinajstić information content (AvgIpc) is 3.20. The van der Waals surface area contributed by atoms with Crippen LogP contribution in [0.4, 0.5) is 5.69 Å². The molecule has 0 aliphatic heterocycles. The van der Waals surface area contributed by atoms with Crippen LogP contribution in [0.1, 0.15) is 24.0 Å². The van der Waals surface area contributed by atoms with Crippen molar-refractivity contribution < 1.29 is 0 Å². The lowest BCUT2D eigenvalue weighted by molar-refractivity contribution is 0.688. The number of nitrogens with one attached hydrogen (secondary N) is 1. The first-order valence-corrected chi connectivity index (χ1v) is 7.70. The van der Waals surface area contributed by atoms with E-state index in [1.807, 2.05) is 30.2 Å². The number of hydrogen-bond donors (Lipinski definition) is 1. The van der Waals surface area contributed by atoms with Crippen LogP contribution in [0.15, 0.2) is 30.6 Å². The summed E-state index contributed by atoms with van der Waals surface area (Å²) in [7, 11) is 4.00. The van der Waals surface area contributed by atoms with Crippen LogP contribution in [0.2, 0.25) is 5.02 Å². The molecule has 0 amide bonds. The number of hydrogen-bond acceptors (Lipinski definition) is 3. The van der Waals surface area contributed by atoms with Crippen molar-refractivity contribution in [1.29, 1.82) is 0 Å². The first-order chi connectivity index (χ1) is 10.1. The Morgan fingerprint density at radius 3 is 2.86 bits per heavy atom. The van der Waals surface area contributed by atoms with E-state index in [4.69, 9.17) is 11.6 Å². The Hall–Kier alpha value is -1.52. The summed E-state index contributed by atoms with van der Waals surface area (Å²) in [5.74, 6) is 0. The van der Waals surface area contributed by atoms with Crippen molar-refractivity contribution in [3.63, 3.8) is 0 Å². The molecule has 2 aromatic rings. The summed E-state index contributed by atoms with van der Waals surface area (Å²) in [5, 5.41) is 8.53. The lowest BCUT2D eigenvalue weighted by atomic mass is 10.2. The summed E-state index contributed by atoms with van der Waals surface area (Å²) >= 11 is 6.40.